The normalized spacial score (nSPS) is 20.9. The third-order valence-corrected chi connectivity index (χ3v) is 6.50. The standard InChI is InChI=1S/C21H25N5O2/c27-18(13-15-3-8-22-9-4-15)25-11-6-21(7-12-25)19-17(23-14-24-19)5-10-26(21)20(28)16-1-2-16/h3-4,8-9,14,16H,1-2,5-7,10-13H2,(H,23,24). The first-order chi connectivity index (χ1) is 13.7. The highest BCUT2D eigenvalue weighted by Crippen LogP contribution is 2.45. The SMILES string of the molecule is O=C(Cc1ccncc1)N1CCC2(CC1)c1nc[nH]c1CCN2C(=O)C1CC1. The van der Waals surface area contributed by atoms with Crippen molar-refractivity contribution in [1.82, 2.24) is 24.8 Å². The van der Waals surface area contributed by atoms with Gasteiger partial charge in [-0.25, -0.2) is 4.98 Å². The van der Waals surface area contributed by atoms with E-state index in [4.69, 9.17) is 0 Å². The Morgan fingerprint density at radius 3 is 2.61 bits per heavy atom. The van der Waals surface area contributed by atoms with Crippen molar-refractivity contribution in [2.45, 2.75) is 44.1 Å². The van der Waals surface area contributed by atoms with Gasteiger partial charge in [-0.2, -0.15) is 0 Å². The molecule has 0 aromatic carbocycles. The quantitative estimate of drug-likeness (QED) is 0.879. The highest BCUT2D eigenvalue weighted by molar-refractivity contribution is 5.82. The molecule has 2 amide bonds. The number of aromatic nitrogens is 3. The van der Waals surface area contributed by atoms with Gasteiger partial charge in [0.25, 0.3) is 0 Å². The third-order valence-electron chi connectivity index (χ3n) is 6.50. The number of likely N-dealkylation sites (tertiary alicyclic amines) is 1. The molecule has 0 radical (unpaired) electrons. The van der Waals surface area contributed by atoms with E-state index < -0.39 is 0 Å². The van der Waals surface area contributed by atoms with E-state index in [0.29, 0.717) is 19.5 Å². The number of fused-ring (bicyclic) bond motifs is 2. The van der Waals surface area contributed by atoms with E-state index in [9.17, 15) is 9.59 Å². The number of hydrogen-bond acceptors (Lipinski definition) is 4. The maximum absolute atomic E-state index is 13.0. The van der Waals surface area contributed by atoms with E-state index in [1.165, 1.54) is 0 Å². The second-order valence-electron chi connectivity index (χ2n) is 8.19. The van der Waals surface area contributed by atoms with Crippen LogP contribution in [0.15, 0.2) is 30.9 Å². The number of pyridine rings is 1. The average Bonchev–Trinajstić information content (AvgIpc) is 3.46. The van der Waals surface area contributed by atoms with Gasteiger partial charge >= 0.3 is 0 Å². The summed E-state index contributed by atoms with van der Waals surface area (Å²) < 4.78 is 0. The fraction of sp³-hybridized carbons (Fsp3) is 0.524. The maximum atomic E-state index is 13.0. The van der Waals surface area contributed by atoms with E-state index >= 15 is 0 Å². The minimum Gasteiger partial charge on any atom is -0.348 e. The van der Waals surface area contributed by atoms with Crippen molar-refractivity contribution in [2.75, 3.05) is 19.6 Å². The maximum Gasteiger partial charge on any atom is 0.226 e. The lowest BCUT2D eigenvalue weighted by Gasteiger charge is -2.50. The van der Waals surface area contributed by atoms with Crippen molar-refractivity contribution in [1.29, 1.82) is 0 Å². The van der Waals surface area contributed by atoms with Gasteiger partial charge in [-0.3, -0.25) is 14.6 Å². The van der Waals surface area contributed by atoms with Gasteiger partial charge in [0, 0.05) is 50.1 Å². The molecule has 2 aliphatic heterocycles. The zero-order chi connectivity index (χ0) is 19.1. The van der Waals surface area contributed by atoms with Crippen molar-refractivity contribution in [3.63, 3.8) is 0 Å². The molecule has 1 N–H and O–H groups in total. The number of carbonyl (C=O) groups excluding carboxylic acids is 2. The molecule has 7 heteroatoms. The van der Waals surface area contributed by atoms with Crippen molar-refractivity contribution in [2.24, 2.45) is 5.92 Å². The van der Waals surface area contributed by atoms with Crippen LogP contribution in [-0.2, 0) is 28.0 Å². The van der Waals surface area contributed by atoms with E-state index in [1.807, 2.05) is 17.0 Å². The fourth-order valence-corrected chi connectivity index (χ4v) is 4.77. The number of aromatic amines is 1. The summed E-state index contributed by atoms with van der Waals surface area (Å²) in [7, 11) is 0. The molecule has 3 aliphatic rings. The Morgan fingerprint density at radius 2 is 1.89 bits per heavy atom. The molecule has 5 rings (SSSR count). The second kappa shape index (κ2) is 6.72. The molecule has 1 saturated heterocycles. The molecule has 2 aromatic heterocycles. The molecule has 2 aromatic rings. The molecule has 0 unspecified atom stereocenters. The Morgan fingerprint density at radius 1 is 1.14 bits per heavy atom. The lowest BCUT2D eigenvalue weighted by Crippen LogP contribution is -2.59. The predicted octanol–water partition coefficient (Wildman–Crippen LogP) is 1.66. The van der Waals surface area contributed by atoms with Crippen molar-refractivity contribution >= 4 is 11.8 Å². The van der Waals surface area contributed by atoms with Gasteiger partial charge in [0.05, 0.1) is 24.0 Å². The van der Waals surface area contributed by atoms with Crippen molar-refractivity contribution < 1.29 is 9.59 Å². The molecule has 1 saturated carbocycles. The number of imidazole rings is 1. The first-order valence-electron chi connectivity index (χ1n) is 10.2. The molecular weight excluding hydrogens is 354 g/mol. The van der Waals surface area contributed by atoms with Gasteiger partial charge in [0.15, 0.2) is 0 Å². The third kappa shape index (κ3) is 2.89. The minimum atomic E-state index is -0.360. The van der Waals surface area contributed by atoms with E-state index in [-0.39, 0.29) is 23.3 Å². The smallest absolute Gasteiger partial charge is 0.226 e. The zero-order valence-corrected chi connectivity index (χ0v) is 15.9. The van der Waals surface area contributed by atoms with E-state index in [0.717, 1.165) is 55.6 Å². The molecule has 0 atom stereocenters. The van der Waals surface area contributed by atoms with Gasteiger partial charge in [0.1, 0.15) is 0 Å². The lowest BCUT2D eigenvalue weighted by atomic mass is 9.78. The molecule has 7 nitrogen and oxygen atoms in total. The van der Waals surface area contributed by atoms with Crippen LogP contribution in [0.25, 0.3) is 0 Å². The molecule has 28 heavy (non-hydrogen) atoms. The van der Waals surface area contributed by atoms with Crippen molar-refractivity contribution in [3.8, 4) is 0 Å². The summed E-state index contributed by atoms with van der Waals surface area (Å²) in [5.74, 6) is 0.619. The summed E-state index contributed by atoms with van der Waals surface area (Å²) in [5.41, 5.74) is 2.80. The van der Waals surface area contributed by atoms with Gasteiger partial charge in [-0.05, 0) is 43.4 Å². The summed E-state index contributed by atoms with van der Waals surface area (Å²) >= 11 is 0. The average molecular weight is 379 g/mol. The zero-order valence-electron chi connectivity index (χ0n) is 15.9. The number of rotatable bonds is 3. The summed E-state index contributed by atoms with van der Waals surface area (Å²) in [6.07, 6.45) is 9.95. The Balaban J connectivity index is 1.35. The number of amides is 2. The summed E-state index contributed by atoms with van der Waals surface area (Å²) in [6, 6.07) is 3.77. The molecule has 4 heterocycles. The lowest BCUT2D eigenvalue weighted by molar-refractivity contribution is -0.145. The van der Waals surface area contributed by atoms with Crippen LogP contribution in [0.3, 0.4) is 0 Å². The van der Waals surface area contributed by atoms with Crippen LogP contribution in [-0.4, -0.2) is 56.2 Å². The summed E-state index contributed by atoms with van der Waals surface area (Å²) in [6.45, 7) is 2.06. The number of piperidine rings is 1. The first-order valence-corrected chi connectivity index (χ1v) is 10.2. The topological polar surface area (TPSA) is 82.2 Å². The van der Waals surface area contributed by atoms with Gasteiger partial charge in [-0.1, -0.05) is 0 Å². The Kier molecular flexibility index (Phi) is 4.18. The predicted molar refractivity (Wildman–Crippen MR) is 102 cm³/mol. The number of H-pyrrole nitrogens is 1. The number of nitrogens with zero attached hydrogens (tertiary/aromatic N) is 4. The number of hydrogen-bond donors (Lipinski definition) is 1. The molecule has 146 valence electrons. The number of carbonyl (C=O) groups is 2. The van der Waals surface area contributed by atoms with Gasteiger partial charge in [0.2, 0.25) is 11.8 Å². The van der Waals surface area contributed by atoms with Gasteiger partial charge < -0.3 is 14.8 Å². The molecule has 2 fully saturated rings. The van der Waals surface area contributed by atoms with Crippen LogP contribution < -0.4 is 0 Å². The monoisotopic (exact) mass is 379 g/mol. The van der Waals surface area contributed by atoms with Crippen LogP contribution in [0, 0.1) is 5.92 Å². The number of nitrogens with one attached hydrogen (secondary N) is 1. The van der Waals surface area contributed by atoms with E-state index in [1.54, 1.807) is 18.7 Å². The summed E-state index contributed by atoms with van der Waals surface area (Å²) in [5, 5.41) is 0. The molecule has 1 aliphatic carbocycles. The Labute approximate surface area is 164 Å². The minimum absolute atomic E-state index is 0.138. The van der Waals surface area contributed by atoms with Crippen LogP contribution in [0.1, 0.15) is 42.6 Å². The molecule has 1 spiro atoms. The van der Waals surface area contributed by atoms with Crippen LogP contribution >= 0.6 is 0 Å². The highest BCUT2D eigenvalue weighted by atomic mass is 16.2. The van der Waals surface area contributed by atoms with Crippen LogP contribution in [0.5, 0.6) is 0 Å². The molecular formula is C21H25N5O2. The fourth-order valence-electron chi connectivity index (χ4n) is 4.77. The Hall–Kier alpha value is -2.70. The van der Waals surface area contributed by atoms with Gasteiger partial charge in [-0.15, -0.1) is 0 Å². The molecule has 0 bridgehead atoms. The Bertz CT molecular complexity index is 881. The van der Waals surface area contributed by atoms with Crippen LogP contribution in [0.4, 0.5) is 0 Å². The highest BCUT2D eigenvalue weighted by Gasteiger charge is 2.51. The summed E-state index contributed by atoms with van der Waals surface area (Å²) in [4.78, 5) is 41.7. The second-order valence-corrected chi connectivity index (χ2v) is 8.19. The van der Waals surface area contributed by atoms with Crippen LogP contribution in [0.2, 0.25) is 0 Å². The first kappa shape index (κ1) is 17.4. The van der Waals surface area contributed by atoms with Crippen molar-refractivity contribution in [3.05, 3.63) is 47.8 Å². The largest absolute Gasteiger partial charge is 0.348 e. The van der Waals surface area contributed by atoms with E-state index in [2.05, 4.69) is 19.9 Å².